The zero-order chi connectivity index (χ0) is 12.5. The Morgan fingerprint density at radius 1 is 1.53 bits per heavy atom. The van der Waals surface area contributed by atoms with Crippen molar-refractivity contribution in [1.82, 2.24) is 5.32 Å². The maximum Gasteiger partial charge on any atom is 0.0631 e. The maximum absolute atomic E-state index is 9.49. The van der Waals surface area contributed by atoms with Crippen LogP contribution >= 0.6 is 11.6 Å². The molecule has 1 atom stereocenters. The van der Waals surface area contributed by atoms with Crippen LogP contribution < -0.4 is 10.2 Å². The lowest BCUT2D eigenvalue weighted by Crippen LogP contribution is -2.48. The van der Waals surface area contributed by atoms with Crippen LogP contribution in [0, 0.1) is 6.92 Å². The molecule has 0 aliphatic carbocycles. The van der Waals surface area contributed by atoms with Gasteiger partial charge in [0.2, 0.25) is 0 Å². The summed E-state index contributed by atoms with van der Waals surface area (Å²) in [6.07, 6.45) is 0.950. The number of rotatable bonds is 3. The minimum absolute atomic E-state index is 0.166. The first-order valence-electron chi connectivity index (χ1n) is 5.91. The number of anilines is 1. The van der Waals surface area contributed by atoms with Gasteiger partial charge in [-0.15, -0.1) is 0 Å². The molecule has 3 nitrogen and oxygen atoms in total. The van der Waals surface area contributed by atoms with Crippen LogP contribution in [-0.2, 0) is 0 Å². The highest BCUT2D eigenvalue weighted by Gasteiger charge is 2.36. The first-order valence-corrected chi connectivity index (χ1v) is 6.29. The standard InChI is InChI=1S/C13H19ClN2O/c1-10-3-4-11(14)7-12(10)16-6-5-13(8-16,9-17)15-2/h3-4,7,15,17H,5-6,8-9H2,1-2H3. The molecule has 1 aromatic rings. The Hall–Kier alpha value is -0.770. The van der Waals surface area contributed by atoms with Crippen molar-refractivity contribution in [2.75, 3.05) is 31.6 Å². The van der Waals surface area contributed by atoms with Gasteiger partial charge in [-0.2, -0.15) is 0 Å². The summed E-state index contributed by atoms with van der Waals surface area (Å²) >= 11 is 6.04. The Kier molecular flexibility index (Phi) is 3.61. The quantitative estimate of drug-likeness (QED) is 0.864. The first kappa shape index (κ1) is 12.7. The largest absolute Gasteiger partial charge is 0.394 e. The number of hydrogen-bond acceptors (Lipinski definition) is 3. The Morgan fingerprint density at radius 2 is 2.29 bits per heavy atom. The highest BCUT2D eigenvalue weighted by Crippen LogP contribution is 2.30. The van der Waals surface area contributed by atoms with E-state index in [0.29, 0.717) is 0 Å². The summed E-state index contributed by atoms with van der Waals surface area (Å²) in [4.78, 5) is 2.29. The van der Waals surface area contributed by atoms with E-state index in [9.17, 15) is 5.11 Å². The molecule has 1 fully saturated rings. The fraction of sp³-hybridized carbons (Fsp3) is 0.538. The Morgan fingerprint density at radius 3 is 2.88 bits per heavy atom. The molecule has 0 saturated carbocycles. The number of halogens is 1. The highest BCUT2D eigenvalue weighted by atomic mass is 35.5. The summed E-state index contributed by atoms with van der Waals surface area (Å²) in [5.74, 6) is 0. The number of nitrogens with one attached hydrogen (secondary N) is 1. The summed E-state index contributed by atoms with van der Waals surface area (Å²) in [7, 11) is 1.91. The highest BCUT2D eigenvalue weighted by molar-refractivity contribution is 6.30. The van der Waals surface area contributed by atoms with Gasteiger partial charge in [0, 0.05) is 23.8 Å². The van der Waals surface area contributed by atoms with Crippen LogP contribution in [0.1, 0.15) is 12.0 Å². The predicted molar refractivity (Wildman–Crippen MR) is 71.9 cm³/mol. The second-order valence-electron chi connectivity index (χ2n) is 4.79. The number of likely N-dealkylation sites (N-methyl/N-ethyl adjacent to an activating group) is 1. The third-order valence-electron chi connectivity index (χ3n) is 3.70. The van der Waals surface area contributed by atoms with E-state index >= 15 is 0 Å². The topological polar surface area (TPSA) is 35.5 Å². The van der Waals surface area contributed by atoms with Gasteiger partial charge in [-0.25, -0.2) is 0 Å². The van der Waals surface area contributed by atoms with Crippen molar-refractivity contribution in [3.8, 4) is 0 Å². The van der Waals surface area contributed by atoms with Crippen molar-refractivity contribution in [3.63, 3.8) is 0 Å². The molecular formula is C13H19ClN2O. The monoisotopic (exact) mass is 254 g/mol. The average molecular weight is 255 g/mol. The van der Waals surface area contributed by atoms with E-state index in [2.05, 4.69) is 17.1 Å². The van der Waals surface area contributed by atoms with Crippen LogP contribution in [0.2, 0.25) is 5.02 Å². The lowest BCUT2D eigenvalue weighted by atomic mass is 10.0. The molecule has 1 aliphatic rings. The van der Waals surface area contributed by atoms with E-state index < -0.39 is 0 Å². The molecule has 1 unspecified atom stereocenters. The van der Waals surface area contributed by atoms with E-state index in [1.54, 1.807) is 0 Å². The molecule has 1 saturated heterocycles. The van der Waals surface area contributed by atoms with Gasteiger partial charge in [0.25, 0.3) is 0 Å². The minimum atomic E-state index is -0.172. The Balaban J connectivity index is 2.23. The summed E-state index contributed by atoms with van der Waals surface area (Å²) < 4.78 is 0. The summed E-state index contributed by atoms with van der Waals surface area (Å²) in [6, 6.07) is 5.95. The molecule has 1 aromatic carbocycles. The zero-order valence-electron chi connectivity index (χ0n) is 10.3. The molecule has 4 heteroatoms. The third-order valence-corrected chi connectivity index (χ3v) is 3.93. The van der Waals surface area contributed by atoms with E-state index in [4.69, 9.17) is 11.6 Å². The number of aryl methyl sites for hydroxylation is 1. The van der Waals surface area contributed by atoms with Crippen molar-refractivity contribution < 1.29 is 5.11 Å². The number of nitrogens with zero attached hydrogens (tertiary/aromatic N) is 1. The Bertz CT molecular complexity index is 404. The molecule has 2 rings (SSSR count). The van der Waals surface area contributed by atoms with Crippen molar-refractivity contribution in [1.29, 1.82) is 0 Å². The Labute approximate surface area is 107 Å². The fourth-order valence-corrected chi connectivity index (χ4v) is 2.58. The van der Waals surface area contributed by atoms with Crippen molar-refractivity contribution >= 4 is 17.3 Å². The second kappa shape index (κ2) is 4.84. The molecule has 0 radical (unpaired) electrons. The van der Waals surface area contributed by atoms with Crippen LogP contribution in [-0.4, -0.2) is 37.4 Å². The van der Waals surface area contributed by atoms with E-state index in [1.807, 2.05) is 25.2 Å². The SMILES string of the molecule is CNC1(CO)CCN(c2cc(Cl)ccc2C)C1. The van der Waals surface area contributed by atoms with Crippen LogP contribution in [0.5, 0.6) is 0 Å². The summed E-state index contributed by atoms with van der Waals surface area (Å²) in [5.41, 5.74) is 2.22. The van der Waals surface area contributed by atoms with Gasteiger partial charge in [0.15, 0.2) is 0 Å². The van der Waals surface area contributed by atoms with Gasteiger partial charge in [-0.3, -0.25) is 0 Å². The first-order chi connectivity index (χ1) is 8.10. The lowest BCUT2D eigenvalue weighted by molar-refractivity contribution is 0.184. The van der Waals surface area contributed by atoms with Crippen molar-refractivity contribution in [2.24, 2.45) is 0 Å². The molecule has 1 aliphatic heterocycles. The van der Waals surface area contributed by atoms with Crippen LogP contribution in [0.15, 0.2) is 18.2 Å². The molecule has 2 N–H and O–H groups in total. The molecule has 0 amide bonds. The zero-order valence-corrected chi connectivity index (χ0v) is 11.1. The minimum Gasteiger partial charge on any atom is -0.394 e. The fourth-order valence-electron chi connectivity index (χ4n) is 2.41. The van der Waals surface area contributed by atoms with Gasteiger partial charge in [0.1, 0.15) is 0 Å². The molecule has 1 heterocycles. The van der Waals surface area contributed by atoms with Crippen LogP contribution in [0.4, 0.5) is 5.69 Å². The van der Waals surface area contributed by atoms with Gasteiger partial charge in [-0.05, 0) is 38.1 Å². The molecule has 17 heavy (non-hydrogen) atoms. The third kappa shape index (κ3) is 2.41. The van der Waals surface area contributed by atoms with E-state index in [1.165, 1.54) is 11.3 Å². The normalized spacial score (nSPS) is 24.4. The average Bonchev–Trinajstić information content (AvgIpc) is 2.77. The van der Waals surface area contributed by atoms with Gasteiger partial charge in [-0.1, -0.05) is 17.7 Å². The number of aliphatic hydroxyl groups excluding tert-OH is 1. The number of hydrogen-bond donors (Lipinski definition) is 2. The maximum atomic E-state index is 9.49. The lowest BCUT2D eigenvalue weighted by Gasteiger charge is -2.28. The number of benzene rings is 1. The van der Waals surface area contributed by atoms with E-state index in [0.717, 1.165) is 24.5 Å². The molecule has 0 spiro atoms. The van der Waals surface area contributed by atoms with Gasteiger partial charge >= 0.3 is 0 Å². The van der Waals surface area contributed by atoms with Gasteiger partial charge in [0.05, 0.1) is 12.1 Å². The van der Waals surface area contributed by atoms with Crippen molar-refractivity contribution in [2.45, 2.75) is 18.9 Å². The van der Waals surface area contributed by atoms with Crippen molar-refractivity contribution in [3.05, 3.63) is 28.8 Å². The van der Waals surface area contributed by atoms with Crippen LogP contribution in [0.3, 0.4) is 0 Å². The van der Waals surface area contributed by atoms with Crippen LogP contribution in [0.25, 0.3) is 0 Å². The summed E-state index contributed by atoms with van der Waals surface area (Å²) in [5, 5.41) is 13.5. The second-order valence-corrected chi connectivity index (χ2v) is 5.23. The molecule has 94 valence electrons. The molecule has 0 bridgehead atoms. The van der Waals surface area contributed by atoms with E-state index in [-0.39, 0.29) is 12.1 Å². The molecular weight excluding hydrogens is 236 g/mol. The molecule has 0 aromatic heterocycles. The number of aliphatic hydroxyl groups is 1. The smallest absolute Gasteiger partial charge is 0.0631 e. The summed E-state index contributed by atoms with van der Waals surface area (Å²) in [6.45, 7) is 4.02. The predicted octanol–water partition coefficient (Wildman–Crippen LogP) is 1.81. The van der Waals surface area contributed by atoms with Gasteiger partial charge < -0.3 is 15.3 Å².